The van der Waals surface area contributed by atoms with Gasteiger partial charge in [0.25, 0.3) is 0 Å². The van der Waals surface area contributed by atoms with Crippen molar-refractivity contribution in [1.82, 2.24) is 4.98 Å². The molecule has 0 aliphatic carbocycles. The van der Waals surface area contributed by atoms with Crippen LogP contribution in [0.2, 0.25) is 0 Å². The Hall–Kier alpha value is -0.740. The molecule has 0 N–H and O–H groups in total. The van der Waals surface area contributed by atoms with Crippen LogP contribution < -0.4 is 0 Å². The fourth-order valence-corrected chi connectivity index (χ4v) is 2.05. The average Bonchev–Trinajstić information content (AvgIpc) is 2.74. The molecule has 1 aromatic rings. The number of hydrogen-bond acceptors (Lipinski definition) is 4. The van der Waals surface area contributed by atoms with Crippen molar-refractivity contribution in [2.75, 3.05) is 13.2 Å². The molecular weight excluding hydrogens is 186 g/mol. The number of nitrogens with zero attached hydrogens (tertiary/aromatic N) is 1. The van der Waals surface area contributed by atoms with Crippen LogP contribution in [0.25, 0.3) is 0 Å². The molecule has 1 atom stereocenters. The van der Waals surface area contributed by atoms with E-state index in [4.69, 9.17) is 4.74 Å². The second-order valence-corrected chi connectivity index (χ2v) is 4.11. The number of thiazole rings is 1. The Balaban J connectivity index is 1.91. The van der Waals surface area contributed by atoms with Crippen molar-refractivity contribution in [3.8, 4) is 0 Å². The lowest BCUT2D eigenvalue weighted by Gasteiger charge is -2.03. The fourth-order valence-electron chi connectivity index (χ4n) is 1.42. The minimum atomic E-state index is 0.115. The lowest BCUT2D eigenvalue weighted by molar-refractivity contribution is -0.122. The molecule has 3 nitrogen and oxygen atoms in total. The van der Waals surface area contributed by atoms with Gasteiger partial charge in [0.1, 0.15) is 5.78 Å². The summed E-state index contributed by atoms with van der Waals surface area (Å²) in [6.07, 6.45) is 3.09. The number of ether oxygens (including phenoxy) is 1. The van der Waals surface area contributed by atoms with Gasteiger partial charge >= 0.3 is 0 Å². The zero-order chi connectivity index (χ0) is 9.10. The van der Waals surface area contributed by atoms with E-state index in [0.717, 1.165) is 18.0 Å². The molecule has 0 saturated carbocycles. The monoisotopic (exact) mass is 197 g/mol. The molecule has 0 radical (unpaired) electrons. The minimum Gasteiger partial charge on any atom is -0.381 e. The van der Waals surface area contributed by atoms with Crippen molar-refractivity contribution in [2.45, 2.75) is 12.8 Å². The largest absolute Gasteiger partial charge is 0.381 e. The maximum Gasteiger partial charge on any atom is 0.145 e. The SMILES string of the molecule is O=C(Cc1nccs1)C1CCOC1. The number of Topliss-reactive ketones (excluding diaryl/α,β-unsaturated/α-hetero) is 1. The van der Waals surface area contributed by atoms with E-state index in [9.17, 15) is 4.79 Å². The van der Waals surface area contributed by atoms with Gasteiger partial charge in [0.15, 0.2) is 0 Å². The molecule has 0 amide bonds. The van der Waals surface area contributed by atoms with E-state index in [1.54, 1.807) is 6.20 Å². The first-order valence-corrected chi connectivity index (χ1v) is 5.23. The number of rotatable bonds is 3. The lowest BCUT2D eigenvalue weighted by Crippen LogP contribution is -2.16. The molecule has 70 valence electrons. The van der Waals surface area contributed by atoms with Crippen LogP contribution in [0.5, 0.6) is 0 Å². The molecular formula is C9H11NO2S. The van der Waals surface area contributed by atoms with Gasteiger partial charge in [0.2, 0.25) is 0 Å². The van der Waals surface area contributed by atoms with Crippen LogP contribution in [-0.4, -0.2) is 24.0 Å². The molecule has 1 fully saturated rings. The van der Waals surface area contributed by atoms with Crippen molar-refractivity contribution >= 4 is 17.1 Å². The third-order valence-electron chi connectivity index (χ3n) is 2.19. The number of carbonyl (C=O) groups excluding carboxylic acids is 1. The highest BCUT2D eigenvalue weighted by Gasteiger charge is 2.23. The molecule has 4 heteroatoms. The summed E-state index contributed by atoms with van der Waals surface area (Å²) in [5, 5.41) is 2.81. The summed E-state index contributed by atoms with van der Waals surface area (Å²) < 4.78 is 5.16. The number of ketones is 1. The lowest BCUT2D eigenvalue weighted by atomic mass is 10.0. The van der Waals surface area contributed by atoms with E-state index in [1.807, 2.05) is 5.38 Å². The Labute approximate surface area is 80.8 Å². The summed E-state index contributed by atoms with van der Waals surface area (Å²) in [7, 11) is 0. The van der Waals surface area contributed by atoms with E-state index in [-0.39, 0.29) is 11.7 Å². The maximum absolute atomic E-state index is 11.6. The van der Waals surface area contributed by atoms with Gasteiger partial charge in [-0.05, 0) is 6.42 Å². The third-order valence-corrected chi connectivity index (χ3v) is 2.97. The molecule has 1 saturated heterocycles. The Morgan fingerprint density at radius 3 is 3.31 bits per heavy atom. The molecule has 0 spiro atoms. The Bertz CT molecular complexity index is 278. The second-order valence-electron chi connectivity index (χ2n) is 3.13. The first kappa shape index (κ1) is 8.84. The first-order valence-electron chi connectivity index (χ1n) is 4.35. The summed E-state index contributed by atoms with van der Waals surface area (Å²) in [5.74, 6) is 0.386. The van der Waals surface area contributed by atoms with Crippen molar-refractivity contribution in [2.24, 2.45) is 5.92 Å². The zero-order valence-corrected chi connectivity index (χ0v) is 8.05. The molecule has 1 unspecified atom stereocenters. The van der Waals surface area contributed by atoms with Crippen LogP contribution in [0.4, 0.5) is 0 Å². The van der Waals surface area contributed by atoms with E-state index >= 15 is 0 Å². The highest BCUT2D eigenvalue weighted by atomic mass is 32.1. The first-order chi connectivity index (χ1) is 6.36. The van der Waals surface area contributed by atoms with Crippen LogP contribution in [0.3, 0.4) is 0 Å². The van der Waals surface area contributed by atoms with Gasteiger partial charge in [0.05, 0.1) is 18.0 Å². The normalized spacial score (nSPS) is 22.0. The van der Waals surface area contributed by atoms with E-state index in [1.165, 1.54) is 11.3 Å². The number of carbonyl (C=O) groups is 1. The van der Waals surface area contributed by atoms with E-state index in [2.05, 4.69) is 4.98 Å². The summed E-state index contributed by atoms with van der Waals surface area (Å²) in [4.78, 5) is 15.7. The predicted octanol–water partition coefficient (Wildman–Crippen LogP) is 1.29. The van der Waals surface area contributed by atoms with Gasteiger partial charge < -0.3 is 4.74 Å². The van der Waals surface area contributed by atoms with Crippen molar-refractivity contribution in [3.05, 3.63) is 16.6 Å². The van der Waals surface area contributed by atoms with Gasteiger partial charge in [-0.2, -0.15) is 0 Å². The van der Waals surface area contributed by atoms with Crippen molar-refractivity contribution in [1.29, 1.82) is 0 Å². The van der Waals surface area contributed by atoms with Crippen LogP contribution in [-0.2, 0) is 16.0 Å². The number of hydrogen-bond donors (Lipinski definition) is 0. The average molecular weight is 197 g/mol. The topological polar surface area (TPSA) is 39.2 Å². The quantitative estimate of drug-likeness (QED) is 0.733. The molecule has 0 bridgehead atoms. The number of aromatic nitrogens is 1. The van der Waals surface area contributed by atoms with Gasteiger partial charge in [-0.25, -0.2) is 4.98 Å². The van der Waals surface area contributed by atoms with Gasteiger partial charge in [-0.1, -0.05) is 0 Å². The highest BCUT2D eigenvalue weighted by Crippen LogP contribution is 2.16. The summed E-state index contributed by atoms with van der Waals surface area (Å²) in [5.41, 5.74) is 0. The molecule has 13 heavy (non-hydrogen) atoms. The van der Waals surface area contributed by atoms with Crippen molar-refractivity contribution < 1.29 is 9.53 Å². The summed E-state index contributed by atoms with van der Waals surface area (Å²) >= 11 is 1.54. The van der Waals surface area contributed by atoms with Crippen LogP contribution in [0.1, 0.15) is 11.4 Å². The Morgan fingerprint density at radius 2 is 2.69 bits per heavy atom. The Kier molecular flexibility index (Phi) is 2.71. The third kappa shape index (κ3) is 2.14. The van der Waals surface area contributed by atoms with E-state index < -0.39 is 0 Å². The van der Waals surface area contributed by atoms with Crippen LogP contribution in [0, 0.1) is 5.92 Å². The van der Waals surface area contributed by atoms with Gasteiger partial charge in [0, 0.05) is 24.1 Å². The molecule has 1 aliphatic heterocycles. The summed E-state index contributed by atoms with van der Waals surface area (Å²) in [6, 6.07) is 0. The minimum absolute atomic E-state index is 0.115. The highest BCUT2D eigenvalue weighted by molar-refractivity contribution is 7.09. The standard InChI is InChI=1S/C9H11NO2S/c11-8(7-1-3-12-6-7)5-9-10-2-4-13-9/h2,4,7H,1,3,5-6H2. The fraction of sp³-hybridized carbons (Fsp3) is 0.556. The molecule has 1 aromatic heterocycles. The maximum atomic E-state index is 11.6. The Morgan fingerprint density at radius 1 is 1.77 bits per heavy atom. The predicted molar refractivity (Wildman–Crippen MR) is 49.8 cm³/mol. The van der Waals surface area contributed by atoms with E-state index in [0.29, 0.717) is 13.0 Å². The van der Waals surface area contributed by atoms with Crippen LogP contribution in [0.15, 0.2) is 11.6 Å². The molecule has 0 aromatic carbocycles. The molecule has 1 aliphatic rings. The smallest absolute Gasteiger partial charge is 0.145 e. The van der Waals surface area contributed by atoms with Gasteiger partial charge in [-0.3, -0.25) is 4.79 Å². The van der Waals surface area contributed by atoms with Crippen molar-refractivity contribution in [3.63, 3.8) is 0 Å². The van der Waals surface area contributed by atoms with Gasteiger partial charge in [-0.15, -0.1) is 11.3 Å². The molecule has 2 heterocycles. The summed E-state index contributed by atoms with van der Waals surface area (Å²) in [6.45, 7) is 1.33. The zero-order valence-electron chi connectivity index (χ0n) is 7.23. The molecule has 2 rings (SSSR count). The second kappa shape index (κ2) is 3.98. The van der Waals surface area contributed by atoms with Crippen LogP contribution >= 0.6 is 11.3 Å².